The van der Waals surface area contributed by atoms with E-state index >= 15 is 0 Å². The molecule has 0 radical (unpaired) electrons. The van der Waals surface area contributed by atoms with Crippen molar-refractivity contribution in [1.82, 2.24) is 9.97 Å². The lowest BCUT2D eigenvalue weighted by atomic mass is 10.1. The van der Waals surface area contributed by atoms with E-state index in [1.165, 1.54) is 12.1 Å². The minimum absolute atomic E-state index is 0.0146. The molecule has 0 saturated carbocycles. The number of aromatic nitrogens is 2. The average molecular weight is 336 g/mol. The minimum Gasteiger partial charge on any atom is -0.486 e. The van der Waals surface area contributed by atoms with Crippen LogP contribution >= 0.6 is 0 Å². The number of H-pyrrole nitrogens is 1. The fourth-order valence-corrected chi connectivity index (χ4v) is 2.71. The Morgan fingerprint density at radius 3 is 2.56 bits per heavy atom. The standard InChI is InChI=1S/C20H14F2N2O/c21-14-9-10-19(16(22)11-14)25-12-13-5-1-2-6-15(13)20-23-17-7-3-4-8-18(17)24-20/h1-11H,12H2,(H,23,24). The number of rotatable bonds is 4. The molecule has 0 spiro atoms. The van der Waals surface area contributed by atoms with E-state index in [9.17, 15) is 8.78 Å². The Morgan fingerprint density at radius 1 is 0.920 bits per heavy atom. The van der Waals surface area contributed by atoms with E-state index in [1.54, 1.807) is 0 Å². The Bertz CT molecular complexity index is 1010. The second-order valence-electron chi connectivity index (χ2n) is 5.62. The Kier molecular flexibility index (Phi) is 3.90. The lowest BCUT2D eigenvalue weighted by Crippen LogP contribution is -2.00. The number of ether oxygens (including phenoxy) is 1. The summed E-state index contributed by atoms with van der Waals surface area (Å²) in [6.07, 6.45) is 0. The molecule has 124 valence electrons. The number of para-hydroxylation sites is 2. The molecule has 1 N–H and O–H groups in total. The lowest BCUT2D eigenvalue weighted by Gasteiger charge is -2.10. The Balaban J connectivity index is 1.64. The summed E-state index contributed by atoms with van der Waals surface area (Å²) >= 11 is 0. The van der Waals surface area contributed by atoms with Gasteiger partial charge in [0.15, 0.2) is 11.6 Å². The van der Waals surface area contributed by atoms with Crippen molar-refractivity contribution in [3.63, 3.8) is 0 Å². The molecular formula is C20H14F2N2O. The topological polar surface area (TPSA) is 37.9 Å². The quantitative estimate of drug-likeness (QED) is 0.564. The molecule has 0 atom stereocenters. The van der Waals surface area contributed by atoms with E-state index in [1.807, 2.05) is 48.5 Å². The molecule has 0 aliphatic rings. The largest absolute Gasteiger partial charge is 0.486 e. The fraction of sp³-hybridized carbons (Fsp3) is 0.0500. The van der Waals surface area contributed by atoms with Crippen LogP contribution in [0.1, 0.15) is 5.56 Å². The first kappa shape index (κ1) is 15.3. The van der Waals surface area contributed by atoms with Gasteiger partial charge in [0.2, 0.25) is 0 Å². The molecule has 4 rings (SSSR count). The second-order valence-corrected chi connectivity index (χ2v) is 5.62. The van der Waals surface area contributed by atoms with E-state index in [0.717, 1.165) is 34.1 Å². The number of hydrogen-bond donors (Lipinski definition) is 1. The second kappa shape index (κ2) is 6.36. The van der Waals surface area contributed by atoms with Gasteiger partial charge in [-0.2, -0.15) is 0 Å². The lowest BCUT2D eigenvalue weighted by molar-refractivity contribution is 0.289. The first-order valence-electron chi connectivity index (χ1n) is 7.81. The summed E-state index contributed by atoms with van der Waals surface area (Å²) in [6.45, 7) is 0.149. The molecule has 3 aromatic carbocycles. The van der Waals surface area contributed by atoms with Crippen molar-refractivity contribution >= 4 is 11.0 Å². The molecule has 0 amide bonds. The van der Waals surface area contributed by atoms with Gasteiger partial charge < -0.3 is 9.72 Å². The summed E-state index contributed by atoms with van der Waals surface area (Å²) in [7, 11) is 0. The van der Waals surface area contributed by atoms with Crippen molar-refractivity contribution in [2.24, 2.45) is 0 Å². The molecule has 25 heavy (non-hydrogen) atoms. The van der Waals surface area contributed by atoms with Crippen LogP contribution in [0, 0.1) is 11.6 Å². The van der Waals surface area contributed by atoms with Crippen molar-refractivity contribution in [2.75, 3.05) is 0 Å². The summed E-state index contributed by atoms with van der Waals surface area (Å²) in [5.41, 5.74) is 3.54. The van der Waals surface area contributed by atoms with Gasteiger partial charge in [0.1, 0.15) is 18.2 Å². The van der Waals surface area contributed by atoms with Crippen LogP contribution in [0.3, 0.4) is 0 Å². The highest BCUT2D eigenvalue weighted by Crippen LogP contribution is 2.26. The van der Waals surface area contributed by atoms with Gasteiger partial charge in [-0.25, -0.2) is 13.8 Å². The molecule has 3 nitrogen and oxygen atoms in total. The highest BCUT2D eigenvalue weighted by Gasteiger charge is 2.11. The smallest absolute Gasteiger partial charge is 0.167 e. The molecule has 1 heterocycles. The third-order valence-electron chi connectivity index (χ3n) is 3.94. The molecular weight excluding hydrogens is 322 g/mol. The number of imidazole rings is 1. The van der Waals surface area contributed by atoms with E-state index in [-0.39, 0.29) is 12.4 Å². The number of hydrogen-bond acceptors (Lipinski definition) is 2. The van der Waals surface area contributed by atoms with E-state index in [0.29, 0.717) is 0 Å². The number of aromatic amines is 1. The van der Waals surface area contributed by atoms with Crippen LogP contribution in [0.25, 0.3) is 22.4 Å². The van der Waals surface area contributed by atoms with Crippen LogP contribution < -0.4 is 4.74 Å². The van der Waals surface area contributed by atoms with Crippen molar-refractivity contribution in [3.8, 4) is 17.1 Å². The first-order valence-corrected chi connectivity index (χ1v) is 7.81. The van der Waals surface area contributed by atoms with Crippen molar-refractivity contribution in [2.45, 2.75) is 6.61 Å². The zero-order valence-electron chi connectivity index (χ0n) is 13.2. The predicted octanol–water partition coefficient (Wildman–Crippen LogP) is 5.09. The number of nitrogens with one attached hydrogen (secondary N) is 1. The average Bonchev–Trinajstić information content (AvgIpc) is 3.05. The van der Waals surface area contributed by atoms with Gasteiger partial charge >= 0.3 is 0 Å². The highest BCUT2D eigenvalue weighted by molar-refractivity contribution is 5.79. The van der Waals surface area contributed by atoms with Gasteiger partial charge in [-0.1, -0.05) is 36.4 Å². The molecule has 0 unspecified atom stereocenters. The zero-order chi connectivity index (χ0) is 17.2. The highest BCUT2D eigenvalue weighted by atomic mass is 19.1. The maximum Gasteiger partial charge on any atom is 0.167 e. The van der Waals surface area contributed by atoms with Gasteiger partial charge in [-0.3, -0.25) is 0 Å². The van der Waals surface area contributed by atoms with Gasteiger partial charge in [-0.15, -0.1) is 0 Å². The van der Waals surface area contributed by atoms with Crippen LogP contribution in [-0.2, 0) is 6.61 Å². The summed E-state index contributed by atoms with van der Waals surface area (Å²) in [5, 5.41) is 0. The number of halogens is 2. The normalized spacial score (nSPS) is 11.0. The SMILES string of the molecule is Fc1ccc(OCc2ccccc2-c2nc3ccccc3[nH]2)c(F)c1. The van der Waals surface area contributed by atoms with Crippen LogP contribution in [-0.4, -0.2) is 9.97 Å². The molecule has 5 heteroatoms. The van der Waals surface area contributed by atoms with Crippen LogP contribution in [0.2, 0.25) is 0 Å². The third kappa shape index (κ3) is 3.08. The molecule has 1 aromatic heterocycles. The van der Waals surface area contributed by atoms with E-state index in [4.69, 9.17) is 4.74 Å². The summed E-state index contributed by atoms with van der Waals surface area (Å²) in [5.74, 6) is -0.616. The van der Waals surface area contributed by atoms with Gasteiger partial charge in [0.25, 0.3) is 0 Å². The van der Waals surface area contributed by atoms with Crippen LogP contribution in [0.5, 0.6) is 5.75 Å². The number of fused-ring (bicyclic) bond motifs is 1. The number of benzene rings is 3. The summed E-state index contributed by atoms with van der Waals surface area (Å²) in [6, 6.07) is 18.6. The maximum absolute atomic E-state index is 13.7. The van der Waals surface area contributed by atoms with Gasteiger partial charge in [0, 0.05) is 17.2 Å². The monoisotopic (exact) mass is 336 g/mol. The Hall–Kier alpha value is -3.21. The fourth-order valence-electron chi connectivity index (χ4n) is 2.71. The Labute approximate surface area is 142 Å². The third-order valence-corrected chi connectivity index (χ3v) is 3.94. The first-order chi connectivity index (χ1) is 12.2. The molecule has 0 saturated heterocycles. The maximum atomic E-state index is 13.7. The van der Waals surface area contributed by atoms with Crippen molar-refractivity contribution < 1.29 is 13.5 Å². The molecule has 0 bridgehead atoms. The zero-order valence-corrected chi connectivity index (χ0v) is 13.2. The summed E-state index contributed by atoms with van der Waals surface area (Å²) < 4.78 is 32.3. The van der Waals surface area contributed by atoms with Crippen LogP contribution in [0.4, 0.5) is 8.78 Å². The van der Waals surface area contributed by atoms with E-state index in [2.05, 4.69) is 9.97 Å². The Morgan fingerprint density at radius 2 is 1.72 bits per heavy atom. The number of nitrogens with zero attached hydrogens (tertiary/aromatic N) is 1. The summed E-state index contributed by atoms with van der Waals surface area (Å²) in [4.78, 5) is 7.87. The van der Waals surface area contributed by atoms with Gasteiger partial charge in [0.05, 0.1) is 11.0 Å². The van der Waals surface area contributed by atoms with Crippen molar-refractivity contribution in [1.29, 1.82) is 0 Å². The van der Waals surface area contributed by atoms with Gasteiger partial charge in [-0.05, 0) is 24.3 Å². The molecule has 0 aliphatic carbocycles. The minimum atomic E-state index is -0.721. The molecule has 0 aliphatic heterocycles. The van der Waals surface area contributed by atoms with Crippen LogP contribution in [0.15, 0.2) is 66.7 Å². The predicted molar refractivity (Wildman–Crippen MR) is 92.2 cm³/mol. The molecule has 0 fully saturated rings. The van der Waals surface area contributed by atoms with Crippen molar-refractivity contribution in [3.05, 3.63) is 83.9 Å². The van der Waals surface area contributed by atoms with E-state index < -0.39 is 11.6 Å². The molecule has 4 aromatic rings.